The van der Waals surface area contributed by atoms with E-state index in [0.29, 0.717) is 0 Å². The number of aryl methyl sites for hydroxylation is 1. The van der Waals surface area contributed by atoms with Gasteiger partial charge in [0.25, 0.3) is 0 Å². The summed E-state index contributed by atoms with van der Waals surface area (Å²) < 4.78 is 5.19. The van der Waals surface area contributed by atoms with Crippen LogP contribution in [0, 0.1) is 6.92 Å². The molecule has 60 valence electrons. The maximum Gasteiger partial charge on any atom is 0.0793 e. The van der Waals surface area contributed by atoms with Gasteiger partial charge in [-0.25, -0.2) is 0 Å². The fraction of sp³-hybridized carbons (Fsp3) is 0.400. The Morgan fingerprint density at radius 1 is 1.36 bits per heavy atom. The lowest BCUT2D eigenvalue weighted by Crippen LogP contribution is -1.95. The third-order valence-corrected chi connectivity index (χ3v) is 1.87. The van der Waals surface area contributed by atoms with E-state index in [2.05, 4.69) is 38.1 Å². The van der Waals surface area contributed by atoms with Crippen LogP contribution < -0.4 is 0 Å². The van der Waals surface area contributed by atoms with Gasteiger partial charge in [-0.3, -0.25) is 0 Å². The van der Waals surface area contributed by atoms with Gasteiger partial charge in [0.05, 0.1) is 6.10 Å². The van der Waals surface area contributed by atoms with E-state index in [1.165, 1.54) is 11.1 Å². The van der Waals surface area contributed by atoms with Crippen molar-refractivity contribution in [3.8, 4) is 0 Å². The van der Waals surface area contributed by atoms with Crippen LogP contribution in [0.1, 0.15) is 24.2 Å². The van der Waals surface area contributed by atoms with Gasteiger partial charge in [-0.2, -0.15) is 0 Å². The standard InChI is InChI=1S/C10H14O/c1-8-5-4-6-10(7-8)9(2)11-3/h4-7,9H,1-3H3/t9-/m0/s1. The van der Waals surface area contributed by atoms with E-state index in [0.717, 1.165) is 0 Å². The summed E-state index contributed by atoms with van der Waals surface area (Å²) in [5, 5.41) is 0. The van der Waals surface area contributed by atoms with E-state index >= 15 is 0 Å². The zero-order chi connectivity index (χ0) is 8.27. The van der Waals surface area contributed by atoms with Gasteiger partial charge in [0, 0.05) is 7.11 Å². The van der Waals surface area contributed by atoms with E-state index in [-0.39, 0.29) is 6.10 Å². The minimum atomic E-state index is 0.204. The highest BCUT2D eigenvalue weighted by Crippen LogP contribution is 2.15. The largest absolute Gasteiger partial charge is 0.377 e. The normalized spacial score (nSPS) is 13.0. The molecule has 1 atom stereocenters. The summed E-state index contributed by atoms with van der Waals surface area (Å²) in [6, 6.07) is 8.38. The summed E-state index contributed by atoms with van der Waals surface area (Å²) in [6.07, 6.45) is 0.204. The van der Waals surface area contributed by atoms with Crippen molar-refractivity contribution in [3.05, 3.63) is 35.4 Å². The van der Waals surface area contributed by atoms with Crippen LogP contribution >= 0.6 is 0 Å². The summed E-state index contributed by atoms with van der Waals surface area (Å²) in [6.45, 7) is 4.14. The minimum Gasteiger partial charge on any atom is -0.377 e. The Morgan fingerprint density at radius 2 is 2.09 bits per heavy atom. The quantitative estimate of drug-likeness (QED) is 0.629. The lowest BCUT2D eigenvalue weighted by Gasteiger charge is -2.09. The van der Waals surface area contributed by atoms with E-state index in [1.807, 2.05) is 0 Å². The molecule has 0 saturated carbocycles. The highest BCUT2D eigenvalue weighted by atomic mass is 16.5. The van der Waals surface area contributed by atoms with E-state index in [9.17, 15) is 0 Å². The topological polar surface area (TPSA) is 9.23 Å². The number of methoxy groups -OCH3 is 1. The third kappa shape index (κ3) is 2.05. The number of ether oxygens (including phenoxy) is 1. The summed E-state index contributed by atoms with van der Waals surface area (Å²) in [5.41, 5.74) is 2.53. The zero-order valence-corrected chi connectivity index (χ0v) is 7.29. The third-order valence-electron chi connectivity index (χ3n) is 1.87. The zero-order valence-electron chi connectivity index (χ0n) is 7.29. The van der Waals surface area contributed by atoms with Crippen LogP contribution in [0.2, 0.25) is 0 Å². The number of benzene rings is 1. The maximum atomic E-state index is 5.19. The first-order valence-electron chi connectivity index (χ1n) is 3.83. The molecule has 0 amide bonds. The smallest absolute Gasteiger partial charge is 0.0793 e. The lowest BCUT2D eigenvalue weighted by atomic mass is 10.1. The van der Waals surface area contributed by atoms with E-state index < -0.39 is 0 Å². The first-order valence-corrected chi connectivity index (χ1v) is 3.83. The molecule has 1 rings (SSSR count). The average molecular weight is 150 g/mol. The predicted octanol–water partition coefficient (Wildman–Crippen LogP) is 2.70. The molecule has 0 aliphatic carbocycles. The van der Waals surface area contributed by atoms with Crippen LogP contribution in [0.15, 0.2) is 24.3 Å². The second-order valence-electron chi connectivity index (χ2n) is 2.79. The number of hydrogen-bond acceptors (Lipinski definition) is 1. The highest BCUT2D eigenvalue weighted by Gasteiger charge is 2.01. The molecule has 11 heavy (non-hydrogen) atoms. The lowest BCUT2D eigenvalue weighted by molar-refractivity contribution is 0.119. The monoisotopic (exact) mass is 150 g/mol. The van der Waals surface area contributed by atoms with Gasteiger partial charge in [0.15, 0.2) is 0 Å². The van der Waals surface area contributed by atoms with Crippen LogP contribution in [0.25, 0.3) is 0 Å². The molecule has 0 saturated heterocycles. The van der Waals surface area contributed by atoms with Crippen molar-refractivity contribution in [2.75, 3.05) is 7.11 Å². The van der Waals surface area contributed by atoms with Gasteiger partial charge >= 0.3 is 0 Å². The van der Waals surface area contributed by atoms with Crippen molar-refractivity contribution in [1.29, 1.82) is 0 Å². The Balaban J connectivity index is 2.86. The van der Waals surface area contributed by atoms with Gasteiger partial charge in [0.1, 0.15) is 0 Å². The Labute approximate surface area is 68.0 Å². The Hall–Kier alpha value is -0.820. The minimum absolute atomic E-state index is 0.204. The second kappa shape index (κ2) is 3.54. The molecule has 1 aromatic carbocycles. The molecule has 1 heteroatoms. The molecule has 0 bridgehead atoms. The van der Waals surface area contributed by atoms with Crippen molar-refractivity contribution in [2.45, 2.75) is 20.0 Å². The van der Waals surface area contributed by atoms with Crippen LogP contribution in [0.3, 0.4) is 0 Å². The summed E-state index contributed by atoms with van der Waals surface area (Å²) in [7, 11) is 1.73. The summed E-state index contributed by atoms with van der Waals surface area (Å²) >= 11 is 0. The van der Waals surface area contributed by atoms with E-state index in [1.54, 1.807) is 7.11 Å². The molecule has 0 aromatic heterocycles. The molecule has 0 aliphatic heterocycles. The van der Waals surface area contributed by atoms with Gasteiger partial charge in [0.2, 0.25) is 0 Å². The van der Waals surface area contributed by atoms with Gasteiger partial charge < -0.3 is 4.74 Å². The average Bonchev–Trinajstić information content (AvgIpc) is 2.03. The molecule has 1 nitrogen and oxygen atoms in total. The van der Waals surface area contributed by atoms with Crippen LogP contribution in [0.4, 0.5) is 0 Å². The Kier molecular flexibility index (Phi) is 2.66. The summed E-state index contributed by atoms with van der Waals surface area (Å²) in [5.74, 6) is 0. The van der Waals surface area contributed by atoms with Crippen LogP contribution in [0.5, 0.6) is 0 Å². The van der Waals surface area contributed by atoms with Gasteiger partial charge in [-0.05, 0) is 19.4 Å². The fourth-order valence-electron chi connectivity index (χ4n) is 1.06. The molecule has 0 unspecified atom stereocenters. The van der Waals surface area contributed by atoms with Crippen molar-refractivity contribution < 1.29 is 4.74 Å². The maximum absolute atomic E-state index is 5.19. The second-order valence-corrected chi connectivity index (χ2v) is 2.79. The van der Waals surface area contributed by atoms with Crippen molar-refractivity contribution in [1.82, 2.24) is 0 Å². The number of hydrogen-bond donors (Lipinski definition) is 0. The molecule has 0 radical (unpaired) electrons. The summed E-state index contributed by atoms with van der Waals surface area (Å²) in [4.78, 5) is 0. The molecule has 0 spiro atoms. The molecule has 0 fully saturated rings. The van der Waals surface area contributed by atoms with Crippen molar-refractivity contribution >= 4 is 0 Å². The van der Waals surface area contributed by atoms with Gasteiger partial charge in [-0.1, -0.05) is 29.8 Å². The molecular formula is C10H14O. The molecular weight excluding hydrogens is 136 g/mol. The first kappa shape index (κ1) is 8.28. The molecule has 1 aromatic rings. The molecule has 0 N–H and O–H groups in total. The van der Waals surface area contributed by atoms with Gasteiger partial charge in [-0.15, -0.1) is 0 Å². The van der Waals surface area contributed by atoms with Crippen molar-refractivity contribution in [2.24, 2.45) is 0 Å². The molecule has 0 aliphatic rings. The van der Waals surface area contributed by atoms with Crippen molar-refractivity contribution in [3.63, 3.8) is 0 Å². The Bertz CT molecular complexity index is 230. The Morgan fingerprint density at radius 3 is 2.64 bits per heavy atom. The first-order chi connectivity index (χ1) is 5.24. The SMILES string of the molecule is CO[C@@H](C)c1cccc(C)c1. The molecule has 0 heterocycles. The predicted molar refractivity (Wildman–Crippen MR) is 46.6 cm³/mol. The highest BCUT2D eigenvalue weighted by molar-refractivity contribution is 5.23. The fourth-order valence-corrected chi connectivity index (χ4v) is 1.06. The van der Waals surface area contributed by atoms with Crippen LogP contribution in [-0.4, -0.2) is 7.11 Å². The van der Waals surface area contributed by atoms with Crippen LogP contribution in [-0.2, 0) is 4.74 Å². The number of rotatable bonds is 2. The van der Waals surface area contributed by atoms with E-state index in [4.69, 9.17) is 4.74 Å².